The number of benzene rings is 1. The number of allylic oxidation sites excluding steroid dienone is 3. The maximum absolute atomic E-state index is 14.9. The SMILES string of the molecule is C=N/C(=C\C=C(/C)N1CCC(O)C1)Nc1ncc(F)c(-c2cc(F)c3c(c2)N(C(C)C)CCO3)n1. The van der Waals surface area contributed by atoms with Crippen LogP contribution in [0.4, 0.5) is 20.4 Å². The highest BCUT2D eigenvalue weighted by atomic mass is 19.1. The van der Waals surface area contributed by atoms with Crippen molar-refractivity contribution in [3.63, 3.8) is 0 Å². The van der Waals surface area contributed by atoms with Crippen molar-refractivity contribution in [2.75, 3.05) is 36.5 Å². The third-order valence-electron chi connectivity index (χ3n) is 6.11. The fourth-order valence-electron chi connectivity index (χ4n) is 4.22. The van der Waals surface area contributed by atoms with E-state index in [9.17, 15) is 13.9 Å². The summed E-state index contributed by atoms with van der Waals surface area (Å²) in [4.78, 5) is 16.3. The summed E-state index contributed by atoms with van der Waals surface area (Å²) in [5, 5.41) is 12.7. The van der Waals surface area contributed by atoms with Gasteiger partial charge in [0, 0.05) is 30.4 Å². The first-order valence-electron chi connectivity index (χ1n) is 11.6. The molecule has 1 aromatic heterocycles. The number of aliphatic imine (C=N–C) groups is 1. The van der Waals surface area contributed by atoms with Crippen molar-refractivity contribution in [3.05, 3.63) is 53.6 Å². The van der Waals surface area contributed by atoms with E-state index in [4.69, 9.17) is 4.74 Å². The predicted octanol–water partition coefficient (Wildman–Crippen LogP) is 3.95. The van der Waals surface area contributed by atoms with Gasteiger partial charge in [0.05, 0.1) is 24.5 Å². The molecule has 10 heteroatoms. The van der Waals surface area contributed by atoms with Crippen LogP contribution in [-0.4, -0.2) is 65.1 Å². The van der Waals surface area contributed by atoms with E-state index in [0.717, 1.165) is 24.9 Å². The minimum atomic E-state index is -0.678. The van der Waals surface area contributed by atoms with Gasteiger partial charge in [-0.3, -0.25) is 0 Å². The molecule has 0 spiro atoms. The van der Waals surface area contributed by atoms with Gasteiger partial charge in [-0.05, 0) is 58.2 Å². The lowest BCUT2D eigenvalue weighted by molar-refractivity contribution is 0.184. The van der Waals surface area contributed by atoms with Crippen LogP contribution < -0.4 is 15.0 Å². The molecular formula is C25H30F2N6O2. The molecule has 0 radical (unpaired) electrons. The molecule has 2 aliphatic heterocycles. The van der Waals surface area contributed by atoms with Gasteiger partial charge < -0.3 is 25.0 Å². The molecule has 186 valence electrons. The summed E-state index contributed by atoms with van der Waals surface area (Å²) in [6, 6.07) is 3.02. The number of rotatable bonds is 7. The van der Waals surface area contributed by atoms with Gasteiger partial charge in [-0.1, -0.05) is 0 Å². The Labute approximate surface area is 203 Å². The molecule has 8 nitrogen and oxygen atoms in total. The molecule has 0 bridgehead atoms. The van der Waals surface area contributed by atoms with E-state index in [-0.39, 0.29) is 35.1 Å². The number of anilines is 2. The third-order valence-corrected chi connectivity index (χ3v) is 6.11. The molecule has 0 aliphatic carbocycles. The van der Waals surface area contributed by atoms with Crippen LogP contribution in [0.3, 0.4) is 0 Å². The van der Waals surface area contributed by atoms with E-state index in [0.29, 0.717) is 31.2 Å². The summed E-state index contributed by atoms with van der Waals surface area (Å²) < 4.78 is 35.2. The summed E-state index contributed by atoms with van der Waals surface area (Å²) in [7, 11) is 0. The predicted molar refractivity (Wildman–Crippen MR) is 133 cm³/mol. The van der Waals surface area contributed by atoms with Crippen molar-refractivity contribution in [2.45, 2.75) is 39.3 Å². The van der Waals surface area contributed by atoms with Gasteiger partial charge in [0.2, 0.25) is 5.95 Å². The Morgan fingerprint density at radius 3 is 2.77 bits per heavy atom. The lowest BCUT2D eigenvalue weighted by atomic mass is 10.1. The molecule has 4 rings (SSSR count). The lowest BCUT2D eigenvalue weighted by Gasteiger charge is -2.34. The van der Waals surface area contributed by atoms with Crippen molar-refractivity contribution in [2.24, 2.45) is 4.99 Å². The van der Waals surface area contributed by atoms with Crippen molar-refractivity contribution in [3.8, 4) is 17.0 Å². The number of hydrogen-bond acceptors (Lipinski definition) is 8. The van der Waals surface area contributed by atoms with Crippen molar-refractivity contribution < 1.29 is 18.6 Å². The number of aromatic nitrogens is 2. The quantitative estimate of drug-likeness (QED) is 0.455. The van der Waals surface area contributed by atoms with Crippen LogP contribution in [0.1, 0.15) is 27.2 Å². The maximum Gasteiger partial charge on any atom is 0.229 e. The molecule has 1 fully saturated rings. The molecule has 35 heavy (non-hydrogen) atoms. The van der Waals surface area contributed by atoms with Crippen molar-refractivity contribution >= 4 is 18.4 Å². The Morgan fingerprint density at radius 1 is 1.29 bits per heavy atom. The van der Waals surface area contributed by atoms with Crippen LogP contribution in [0, 0.1) is 11.6 Å². The molecular weight excluding hydrogens is 454 g/mol. The Balaban J connectivity index is 1.61. The average Bonchev–Trinajstić information content (AvgIpc) is 3.28. The third kappa shape index (κ3) is 5.43. The first-order valence-corrected chi connectivity index (χ1v) is 11.6. The molecule has 1 aromatic carbocycles. The number of nitrogens with zero attached hydrogens (tertiary/aromatic N) is 5. The maximum atomic E-state index is 14.9. The van der Waals surface area contributed by atoms with Crippen LogP contribution in [-0.2, 0) is 0 Å². The van der Waals surface area contributed by atoms with Gasteiger partial charge in [-0.2, -0.15) is 0 Å². The summed E-state index contributed by atoms with van der Waals surface area (Å²) in [5.41, 5.74) is 1.77. The van der Waals surface area contributed by atoms with E-state index in [1.807, 2.05) is 31.7 Å². The van der Waals surface area contributed by atoms with Gasteiger partial charge in [-0.15, -0.1) is 0 Å². The van der Waals surface area contributed by atoms with E-state index in [2.05, 4.69) is 31.9 Å². The number of aliphatic hydroxyl groups is 1. The van der Waals surface area contributed by atoms with Crippen LogP contribution in [0.25, 0.3) is 11.3 Å². The number of β-amino-alcohol motifs (C(OH)–C–C–N with tert-alkyl or cyclic N) is 1. The highest BCUT2D eigenvalue weighted by molar-refractivity contribution is 5.73. The Hall–Kier alpha value is -3.53. The Morgan fingerprint density at radius 2 is 2.09 bits per heavy atom. The smallest absolute Gasteiger partial charge is 0.229 e. The zero-order valence-electron chi connectivity index (χ0n) is 20.1. The molecule has 1 saturated heterocycles. The fraction of sp³-hybridized carbons (Fsp3) is 0.400. The highest BCUT2D eigenvalue weighted by Crippen LogP contribution is 2.39. The largest absolute Gasteiger partial charge is 0.486 e. The van der Waals surface area contributed by atoms with E-state index < -0.39 is 11.6 Å². The van der Waals surface area contributed by atoms with Gasteiger partial charge >= 0.3 is 0 Å². The van der Waals surface area contributed by atoms with Gasteiger partial charge in [0.15, 0.2) is 17.4 Å². The summed E-state index contributed by atoms with van der Waals surface area (Å²) in [6.45, 7) is 11.9. The number of likely N-dealkylation sites (tertiary alicyclic amines) is 1. The van der Waals surface area contributed by atoms with Crippen molar-refractivity contribution in [1.82, 2.24) is 14.9 Å². The second-order valence-electron chi connectivity index (χ2n) is 8.86. The monoisotopic (exact) mass is 484 g/mol. The number of halogens is 2. The normalized spacial score (nSPS) is 18.5. The number of ether oxygens (including phenoxy) is 1. The second kappa shape index (κ2) is 10.4. The molecule has 2 aliphatic rings. The molecule has 0 saturated carbocycles. The van der Waals surface area contributed by atoms with E-state index >= 15 is 0 Å². The Kier molecular flexibility index (Phi) is 7.30. The Bertz CT molecular complexity index is 1170. The second-order valence-corrected chi connectivity index (χ2v) is 8.86. The highest BCUT2D eigenvalue weighted by Gasteiger charge is 2.26. The van der Waals surface area contributed by atoms with Crippen LogP contribution in [0.2, 0.25) is 0 Å². The zero-order valence-corrected chi connectivity index (χ0v) is 20.1. The standard InChI is InChI=1S/C25H30F2N6O2/c1-15(2)33-9-10-35-24-19(26)11-17(12-21(24)33)23-20(27)13-29-25(31-23)30-22(28-4)6-5-16(3)32-8-7-18(34)14-32/h5-6,11-13,15,18,34H,4,7-10,14H2,1-3H3,(H,29,30,31)/b16-5+,22-6+. The zero-order chi connectivity index (χ0) is 25.1. The number of aliphatic hydroxyl groups excluding tert-OH is 1. The summed E-state index contributed by atoms with van der Waals surface area (Å²) in [6.07, 6.45) is 4.99. The molecule has 0 amide bonds. The minimum absolute atomic E-state index is 0.0420. The summed E-state index contributed by atoms with van der Waals surface area (Å²) >= 11 is 0. The van der Waals surface area contributed by atoms with Gasteiger partial charge in [0.1, 0.15) is 18.1 Å². The summed E-state index contributed by atoms with van der Waals surface area (Å²) in [5.74, 6) is -0.634. The molecule has 3 heterocycles. The van der Waals surface area contributed by atoms with Crippen LogP contribution in [0.15, 0.2) is 47.0 Å². The van der Waals surface area contributed by atoms with Crippen molar-refractivity contribution in [1.29, 1.82) is 0 Å². The topological polar surface area (TPSA) is 86.1 Å². The number of fused-ring (bicyclic) bond motifs is 1. The first-order chi connectivity index (χ1) is 16.8. The van der Waals surface area contributed by atoms with Crippen LogP contribution >= 0.6 is 0 Å². The van der Waals surface area contributed by atoms with Crippen LogP contribution in [0.5, 0.6) is 5.75 Å². The van der Waals surface area contributed by atoms with Gasteiger partial charge in [-0.25, -0.2) is 23.7 Å². The molecule has 1 unspecified atom stereocenters. The number of hydrogen-bond donors (Lipinski definition) is 2. The molecule has 2 N–H and O–H groups in total. The lowest BCUT2D eigenvalue weighted by Crippen LogP contribution is -2.38. The minimum Gasteiger partial charge on any atom is -0.486 e. The van der Waals surface area contributed by atoms with Gasteiger partial charge in [0.25, 0.3) is 0 Å². The number of nitrogens with one attached hydrogen (secondary N) is 1. The van der Waals surface area contributed by atoms with E-state index in [1.54, 1.807) is 12.1 Å². The molecule has 2 aromatic rings. The fourth-order valence-corrected chi connectivity index (χ4v) is 4.22. The first kappa shape index (κ1) is 24.6. The molecule has 1 atom stereocenters. The van der Waals surface area contributed by atoms with E-state index in [1.165, 1.54) is 6.07 Å². The average molecular weight is 485 g/mol.